The Hall–Kier alpha value is -0.650. The first-order chi connectivity index (χ1) is 5.83. The van der Waals surface area contributed by atoms with Gasteiger partial charge in [0.25, 0.3) is 0 Å². The number of carbonyl (C=O) groups excluding carboxylic acids is 1. The van der Waals surface area contributed by atoms with Gasteiger partial charge in [-0.2, -0.15) is 0 Å². The van der Waals surface area contributed by atoms with Gasteiger partial charge in [-0.1, -0.05) is 5.59 Å². The predicted molar refractivity (Wildman–Crippen MR) is 43.7 cm³/mol. The molecule has 0 radical (unpaired) electrons. The fourth-order valence-corrected chi connectivity index (χ4v) is 1.37. The second-order valence-electron chi connectivity index (χ2n) is 2.89. The Kier molecular flexibility index (Phi) is 3.99. The number of carbonyl (C=O) groups is 1. The van der Waals surface area contributed by atoms with Crippen LogP contribution in [0.3, 0.4) is 0 Å². The topological polar surface area (TPSA) is 67.6 Å². The first-order valence-corrected chi connectivity index (χ1v) is 4.20. The van der Waals surface area contributed by atoms with Crippen LogP contribution in [-0.2, 0) is 9.63 Å². The van der Waals surface area contributed by atoms with Gasteiger partial charge in [0.05, 0.1) is 6.42 Å². The van der Waals surface area contributed by atoms with Gasteiger partial charge < -0.3 is 9.74 Å². The van der Waals surface area contributed by atoms with E-state index in [0.717, 1.165) is 19.6 Å². The van der Waals surface area contributed by atoms with E-state index in [1.165, 1.54) is 12.8 Å². The first kappa shape index (κ1) is 9.44. The van der Waals surface area contributed by atoms with Crippen molar-refractivity contribution in [3.05, 3.63) is 0 Å². The van der Waals surface area contributed by atoms with E-state index in [4.69, 9.17) is 5.84 Å². The first-order valence-electron chi connectivity index (χ1n) is 4.20. The summed E-state index contributed by atoms with van der Waals surface area (Å²) in [5.74, 6) is 4.51. The van der Waals surface area contributed by atoms with E-state index in [-0.39, 0.29) is 5.97 Å². The molecule has 1 fully saturated rings. The maximum atomic E-state index is 10.8. The summed E-state index contributed by atoms with van der Waals surface area (Å²) < 4.78 is 0. The number of likely N-dealkylation sites (tertiary alicyclic amines) is 1. The summed E-state index contributed by atoms with van der Waals surface area (Å²) in [5, 5.41) is 0. The molecule has 1 saturated heterocycles. The number of nitrogens with one attached hydrogen (secondary N) is 1. The Morgan fingerprint density at radius 3 is 2.75 bits per heavy atom. The second-order valence-corrected chi connectivity index (χ2v) is 2.89. The quantitative estimate of drug-likeness (QED) is 0.438. The molecule has 3 N–H and O–H groups in total. The monoisotopic (exact) mass is 173 g/mol. The molecule has 0 aromatic carbocycles. The van der Waals surface area contributed by atoms with Crippen molar-refractivity contribution in [2.24, 2.45) is 5.84 Å². The lowest BCUT2D eigenvalue weighted by atomic mass is 10.4. The highest BCUT2D eigenvalue weighted by atomic mass is 16.7. The summed E-state index contributed by atoms with van der Waals surface area (Å²) in [5.41, 5.74) is 1.87. The molecule has 0 aromatic heterocycles. The zero-order valence-corrected chi connectivity index (χ0v) is 7.08. The highest BCUT2D eigenvalue weighted by Crippen LogP contribution is 2.07. The molecule has 0 amide bonds. The summed E-state index contributed by atoms with van der Waals surface area (Å²) >= 11 is 0. The molecule has 0 atom stereocenters. The van der Waals surface area contributed by atoms with Crippen LogP contribution in [0.4, 0.5) is 0 Å². The van der Waals surface area contributed by atoms with Crippen LogP contribution >= 0.6 is 0 Å². The summed E-state index contributed by atoms with van der Waals surface area (Å²) in [6, 6.07) is 0. The van der Waals surface area contributed by atoms with Gasteiger partial charge in [-0.05, 0) is 25.9 Å². The number of nitrogens with two attached hydrogens (primary N) is 1. The normalized spacial score (nSPS) is 18.1. The molecule has 0 spiro atoms. The number of hydrogen-bond acceptors (Lipinski definition) is 5. The van der Waals surface area contributed by atoms with Crippen molar-refractivity contribution >= 4 is 5.97 Å². The molecule has 0 aliphatic carbocycles. The molecule has 5 heteroatoms. The summed E-state index contributed by atoms with van der Waals surface area (Å²) in [6.45, 7) is 2.98. The van der Waals surface area contributed by atoms with Crippen LogP contribution in [0.25, 0.3) is 0 Å². The number of hydrazine groups is 1. The average molecular weight is 173 g/mol. The van der Waals surface area contributed by atoms with Crippen LogP contribution in [0.1, 0.15) is 19.3 Å². The molecule has 0 saturated carbocycles. The third-order valence-electron chi connectivity index (χ3n) is 2.00. The number of rotatable bonds is 4. The predicted octanol–water partition coefficient (Wildman–Crippen LogP) is -0.606. The van der Waals surface area contributed by atoms with E-state index in [1.807, 2.05) is 5.59 Å². The number of nitrogens with zero attached hydrogens (tertiary/aromatic N) is 1. The van der Waals surface area contributed by atoms with Crippen molar-refractivity contribution in [1.82, 2.24) is 10.5 Å². The molecule has 0 aromatic rings. The molecule has 0 bridgehead atoms. The number of hydrogen-bond donors (Lipinski definition) is 2. The molecule has 1 aliphatic heterocycles. The second kappa shape index (κ2) is 5.08. The minimum atomic E-state index is -0.301. The van der Waals surface area contributed by atoms with Crippen LogP contribution in [-0.4, -0.2) is 30.5 Å². The van der Waals surface area contributed by atoms with E-state index in [9.17, 15) is 4.79 Å². The van der Waals surface area contributed by atoms with E-state index in [0.29, 0.717) is 6.42 Å². The van der Waals surface area contributed by atoms with Crippen molar-refractivity contribution in [3.63, 3.8) is 0 Å². The third-order valence-corrected chi connectivity index (χ3v) is 2.00. The van der Waals surface area contributed by atoms with Gasteiger partial charge in [0.15, 0.2) is 0 Å². The molecule has 0 unspecified atom stereocenters. The highest BCUT2D eigenvalue weighted by molar-refractivity contribution is 5.69. The van der Waals surface area contributed by atoms with E-state index < -0.39 is 0 Å². The van der Waals surface area contributed by atoms with Crippen molar-refractivity contribution < 1.29 is 9.63 Å². The van der Waals surface area contributed by atoms with Crippen molar-refractivity contribution in [2.45, 2.75) is 19.3 Å². The molecule has 5 nitrogen and oxygen atoms in total. The maximum absolute atomic E-state index is 10.8. The SMILES string of the molecule is NNOC(=O)CCN1CCCC1. The molecule has 1 aliphatic rings. The molecule has 1 rings (SSSR count). The fourth-order valence-electron chi connectivity index (χ4n) is 1.37. The van der Waals surface area contributed by atoms with E-state index in [1.54, 1.807) is 0 Å². The minimum Gasteiger partial charge on any atom is -0.356 e. The Morgan fingerprint density at radius 2 is 2.17 bits per heavy atom. The average Bonchev–Trinajstić information content (AvgIpc) is 2.53. The Balaban J connectivity index is 2.03. The van der Waals surface area contributed by atoms with Gasteiger partial charge in [-0.3, -0.25) is 4.79 Å². The summed E-state index contributed by atoms with van der Waals surface area (Å²) in [7, 11) is 0. The van der Waals surface area contributed by atoms with Gasteiger partial charge >= 0.3 is 5.97 Å². The van der Waals surface area contributed by atoms with Crippen molar-refractivity contribution in [2.75, 3.05) is 19.6 Å². The van der Waals surface area contributed by atoms with Gasteiger partial charge in [0.1, 0.15) is 0 Å². The van der Waals surface area contributed by atoms with Gasteiger partial charge in [-0.15, -0.1) is 0 Å². The lowest BCUT2D eigenvalue weighted by molar-refractivity contribution is -0.151. The van der Waals surface area contributed by atoms with Crippen molar-refractivity contribution in [1.29, 1.82) is 0 Å². The van der Waals surface area contributed by atoms with Crippen LogP contribution in [0.5, 0.6) is 0 Å². The highest BCUT2D eigenvalue weighted by Gasteiger charge is 2.12. The zero-order chi connectivity index (χ0) is 8.81. The summed E-state index contributed by atoms with van der Waals surface area (Å²) in [6.07, 6.45) is 2.89. The molecule has 12 heavy (non-hydrogen) atoms. The minimum absolute atomic E-state index is 0.301. The third kappa shape index (κ3) is 3.17. The van der Waals surface area contributed by atoms with E-state index in [2.05, 4.69) is 9.74 Å². The molecular formula is C7H15N3O2. The van der Waals surface area contributed by atoms with Gasteiger partial charge in [0.2, 0.25) is 0 Å². The largest absolute Gasteiger partial charge is 0.356 e. The Bertz CT molecular complexity index is 146. The van der Waals surface area contributed by atoms with Crippen LogP contribution in [0, 0.1) is 0 Å². The zero-order valence-electron chi connectivity index (χ0n) is 7.08. The Morgan fingerprint density at radius 1 is 1.50 bits per heavy atom. The van der Waals surface area contributed by atoms with Crippen LogP contribution in [0.15, 0.2) is 0 Å². The molecule has 70 valence electrons. The molecule has 1 heterocycles. The standard InChI is InChI=1S/C7H15N3O2/c8-9-12-7(11)3-6-10-4-1-2-5-10/h9H,1-6,8H2. The van der Waals surface area contributed by atoms with Crippen molar-refractivity contribution in [3.8, 4) is 0 Å². The Labute approximate surface area is 71.8 Å². The smallest absolute Gasteiger partial charge is 0.327 e. The molecular weight excluding hydrogens is 158 g/mol. The van der Waals surface area contributed by atoms with Crippen LogP contribution < -0.4 is 11.4 Å². The van der Waals surface area contributed by atoms with Gasteiger partial charge in [-0.25, -0.2) is 5.84 Å². The summed E-state index contributed by atoms with van der Waals surface area (Å²) in [4.78, 5) is 17.4. The van der Waals surface area contributed by atoms with E-state index >= 15 is 0 Å². The van der Waals surface area contributed by atoms with Gasteiger partial charge in [0, 0.05) is 6.54 Å². The fraction of sp³-hybridized carbons (Fsp3) is 0.857. The van der Waals surface area contributed by atoms with Crippen LogP contribution in [0.2, 0.25) is 0 Å². The lowest BCUT2D eigenvalue weighted by Gasteiger charge is -2.12. The lowest BCUT2D eigenvalue weighted by Crippen LogP contribution is -2.29. The maximum Gasteiger partial charge on any atom is 0.327 e.